The lowest BCUT2D eigenvalue weighted by molar-refractivity contribution is 0.623. The normalized spacial score (nSPS) is 10.1. The maximum Gasteiger partial charge on any atom is 0.132 e. The van der Waals surface area contributed by atoms with Crippen molar-refractivity contribution in [2.45, 2.75) is 6.42 Å². The van der Waals surface area contributed by atoms with Gasteiger partial charge in [-0.05, 0) is 30.7 Å². The average Bonchev–Trinajstić information content (AvgIpc) is 2.04. The van der Waals surface area contributed by atoms with Crippen LogP contribution in [0.15, 0.2) is 24.8 Å². The van der Waals surface area contributed by atoms with Crippen LogP contribution in [0.4, 0.5) is 4.39 Å². The summed E-state index contributed by atoms with van der Waals surface area (Å²) in [6, 6.07) is 4.57. The summed E-state index contributed by atoms with van der Waals surface area (Å²) in [6.07, 6.45) is 0.556. The predicted molar refractivity (Wildman–Crippen MR) is 54.1 cm³/mol. The summed E-state index contributed by atoms with van der Waals surface area (Å²) in [6.45, 7) is 4.18. The first-order valence-corrected chi connectivity index (χ1v) is 4.37. The van der Waals surface area contributed by atoms with Crippen LogP contribution in [0.25, 0.3) is 5.57 Å². The van der Waals surface area contributed by atoms with Gasteiger partial charge in [0.15, 0.2) is 0 Å². The fourth-order valence-electron chi connectivity index (χ4n) is 1.13. The van der Waals surface area contributed by atoms with Crippen molar-refractivity contribution in [1.82, 2.24) is 0 Å². The zero-order valence-electron chi connectivity index (χ0n) is 7.19. The Morgan fingerprint density at radius 1 is 1.54 bits per heavy atom. The molecular formula is C10H11ClFN. The van der Waals surface area contributed by atoms with Crippen molar-refractivity contribution in [2.24, 2.45) is 5.73 Å². The molecule has 0 aromatic heterocycles. The molecule has 0 spiro atoms. The molecule has 1 rings (SSSR count). The topological polar surface area (TPSA) is 26.0 Å². The standard InChI is InChI=1S/C10H11ClFN/c1-7(5-6-13)10-8(11)3-2-4-9(10)12/h2-4H,1,5-6,13H2. The molecule has 2 N–H and O–H groups in total. The minimum atomic E-state index is -0.342. The second kappa shape index (κ2) is 4.40. The average molecular weight is 200 g/mol. The summed E-state index contributed by atoms with van der Waals surface area (Å²) in [5.41, 5.74) is 6.37. The summed E-state index contributed by atoms with van der Waals surface area (Å²) in [4.78, 5) is 0. The van der Waals surface area contributed by atoms with Crippen molar-refractivity contribution >= 4 is 17.2 Å². The van der Waals surface area contributed by atoms with Crippen molar-refractivity contribution < 1.29 is 4.39 Å². The van der Waals surface area contributed by atoms with Gasteiger partial charge >= 0.3 is 0 Å². The maximum absolute atomic E-state index is 13.2. The second-order valence-corrected chi connectivity index (χ2v) is 3.15. The number of hydrogen-bond acceptors (Lipinski definition) is 1. The van der Waals surface area contributed by atoms with E-state index in [4.69, 9.17) is 17.3 Å². The third-order valence-corrected chi connectivity index (χ3v) is 2.08. The van der Waals surface area contributed by atoms with Crippen LogP contribution in [0, 0.1) is 5.82 Å². The molecule has 0 bridgehead atoms. The number of halogens is 2. The SMILES string of the molecule is C=C(CCN)c1c(F)cccc1Cl. The van der Waals surface area contributed by atoms with E-state index in [1.807, 2.05) is 0 Å². The fraction of sp³-hybridized carbons (Fsp3) is 0.200. The van der Waals surface area contributed by atoms with Gasteiger partial charge in [0.2, 0.25) is 0 Å². The minimum Gasteiger partial charge on any atom is -0.330 e. The molecule has 0 fully saturated rings. The Hall–Kier alpha value is -0.860. The van der Waals surface area contributed by atoms with Crippen LogP contribution in [0.2, 0.25) is 5.02 Å². The number of hydrogen-bond donors (Lipinski definition) is 1. The van der Waals surface area contributed by atoms with Crippen LogP contribution in [-0.4, -0.2) is 6.54 Å². The van der Waals surface area contributed by atoms with Gasteiger partial charge in [-0.15, -0.1) is 0 Å². The van der Waals surface area contributed by atoms with Crippen LogP contribution in [0.5, 0.6) is 0 Å². The molecule has 1 nitrogen and oxygen atoms in total. The molecule has 0 radical (unpaired) electrons. The van der Waals surface area contributed by atoms with Crippen molar-refractivity contribution in [2.75, 3.05) is 6.54 Å². The molecule has 1 aromatic carbocycles. The molecule has 0 unspecified atom stereocenters. The Morgan fingerprint density at radius 3 is 2.77 bits per heavy atom. The van der Waals surface area contributed by atoms with Gasteiger partial charge in [-0.25, -0.2) is 4.39 Å². The van der Waals surface area contributed by atoms with Gasteiger partial charge < -0.3 is 5.73 Å². The van der Waals surface area contributed by atoms with E-state index in [1.54, 1.807) is 12.1 Å². The zero-order chi connectivity index (χ0) is 9.84. The largest absolute Gasteiger partial charge is 0.330 e. The molecule has 0 amide bonds. The first kappa shape index (κ1) is 10.2. The van der Waals surface area contributed by atoms with E-state index in [-0.39, 0.29) is 5.82 Å². The maximum atomic E-state index is 13.2. The van der Waals surface area contributed by atoms with Crippen molar-refractivity contribution in [3.05, 3.63) is 41.2 Å². The number of rotatable bonds is 3. The van der Waals surface area contributed by atoms with Gasteiger partial charge in [0, 0.05) is 5.56 Å². The summed E-state index contributed by atoms with van der Waals surface area (Å²) < 4.78 is 13.2. The smallest absolute Gasteiger partial charge is 0.132 e. The number of benzene rings is 1. The third-order valence-electron chi connectivity index (χ3n) is 1.76. The molecule has 3 heteroatoms. The zero-order valence-corrected chi connectivity index (χ0v) is 7.94. The van der Waals surface area contributed by atoms with Crippen molar-refractivity contribution in [3.63, 3.8) is 0 Å². The summed E-state index contributed by atoms with van der Waals surface area (Å²) in [5.74, 6) is -0.342. The molecule has 13 heavy (non-hydrogen) atoms. The lowest BCUT2D eigenvalue weighted by Gasteiger charge is -2.07. The quantitative estimate of drug-likeness (QED) is 0.796. The first-order chi connectivity index (χ1) is 6.16. The van der Waals surface area contributed by atoms with E-state index in [0.717, 1.165) is 0 Å². The second-order valence-electron chi connectivity index (χ2n) is 2.74. The Kier molecular flexibility index (Phi) is 3.46. The lowest BCUT2D eigenvalue weighted by Crippen LogP contribution is -2.00. The Labute approximate surface area is 82.0 Å². The molecule has 1 aromatic rings. The lowest BCUT2D eigenvalue weighted by atomic mass is 10.0. The predicted octanol–water partition coefficient (Wildman–Crippen LogP) is 2.84. The van der Waals surface area contributed by atoms with Crippen LogP contribution < -0.4 is 5.73 Å². The van der Waals surface area contributed by atoms with Crippen LogP contribution in [-0.2, 0) is 0 Å². The van der Waals surface area contributed by atoms with Gasteiger partial charge in [-0.2, -0.15) is 0 Å². The highest BCUT2D eigenvalue weighted by Crippen LogP contribution is 2.26. The Bertz CT molecular complexity index is 302. The molecule has 0 saturated heterocycles. The minimum absolute atomic E-state index is 0.342. The van der Waals surface area contributed by atoms with E-state index in [9.17, 15) is 4.39 Å². The molecule has 0 atom stereocenters. The molecule has 0 aliphatic rings. The highest BCUT2D eigenvalue weighted by molar-refractivity contribution is 6.32. The van der Waals surface area contributed by atoms with E-state index in [1.165, 1.54) is 6.07 Å². The molecule has 0 heterocycles. The molecule has 70 valence electrons. The summed E-state index contributed by atoms with van der Waals surface area (Å²) in [7, 11) is 0. The number of nitrogens with two attached hydrogens (primary N) is 1. The third kappa shape index (κ3) is 2.29. The van der Waals surface area contributed by atoms with Gasteiger partial charge in [-0.3, -0.25) is 0 Å². The fourth-order valence-corrected chi connectivity index (χ4v) is 1.43. The van der Waals surface area contributed by atoms with Crippen LogP contribution in [0.1, 0.15) is 12.0 Å². The summed E-state index contributed by atoms with van der Waals surface area (Å²) >= 11 is 5.82. The van der Waals surface area contributed by atoms with Crippen LogP contribution in [0.3, 0.4) is 0 Å². The highest BCUT2D eigenvalue weighted by Gasteiger charge is 2.08. The van der Waals surface area contributed by atoms with Gasteiger partial charge in [0.25, 0.3) is 0 Å². The molecule has 0 saturated carbocycles. The Balaban J connectivity index is 3.05. The molecule has 0 aliphatic heterocycles. The highest BCUT2D eigenvalue weighted by atomic mass is 35.5. The van der Waals surface area contributed by atoms with E-state index >= 15 is 0 Å². The first-order valence-electron chi connectivity index (χ1n) is 3.99. The van der Waals surface area contributed by atoms with Crippen LogP contribution >= 0.6 is 11.6 Å². The van der Waals surface area contributed by atoms with Gasteiger partial charge in [0.1, 0.15) is 5.82 Å². The van der Waals surface area contributed by atoms with E-state index in [2.05, 4.69) is 6.58 Å². The van der Waals surface area contributed by atoms with E-state index in [0.29, 0.717) is 29.1 Å². The van der Waals surface area contributed by atoms with Crippen molar-refractivity contribution in [3.8, 4) is 0 Å². The van der Waals surface area contributed by atoms with Crippen molar-refractivity contribution in [1.29, 1.82) is 0 Å². The van der Waals surface area contributed by atoms with Gasteiger partial charge in [-0.1, -0.05) is 24.2 Å². The molecular weight excluding hydrogens is 189 g/mol. The van der Waals surface area contributed by atoms with E-state index < -0.39 is 0 Å². The Morgan fingerprint density at radius 2 is 2.23 bits per heavy atom. The summed E-state index contributed by atoms with van der Waals surface area (Å²) in [5, 5.41) is 0.387. The monoisotopic (exact) mass is 199 g/mol. The van der Waals surface area contributed by atoms with Gasteiger partial charge in [0.05, 0.1) is 5.02 Å². The molecule has 0 aliphatic carbocycles.